The van der Waals surface area contributed by atoms with E-state index in [1.54, 1.807) is 24.3 Å². The van der Waals surface area contributed by atoms with Gasteiger partial charge in [0.05, 0.1) is 5.57 Å². The van der Waals surface area contributed by atoms with Gasteiger partial charge in [-0.05, 0) is 186 Å². The van der Waals surface area contributed by atoms with Gasteiger partial charge < -0.3 is 39.5 Å². The zero-order valence-electron chi connectivity index (χ0n) is 63.5. The monoisotopic (exact) mass is 1390 g/mol. The van der Waals surface area contributed by atoms with E-state index in [0.29, 0.717) is 89.0 Å². The second-order valence-corrected chi connectivity index (χ2v) is 35.5. The third-order valence-electron chi connectivity index (χ3n) is 21.5. The fourth-order valence-electron chi connectivity index (χ4n) is 14.4. The second-order valence-electron chi connectivity index (χ2n) is 33.1. The number of aromatic amines is 1. The van der Waals surface area contributed by atoms with Crippen molar-refractivity contribution in [1.82, 2.24) is 4.98 Å². The van der Waals surface area contributed by atoms with Crippen LogP contribution in [-0.2, 0) is 70.1 Å². The second kappa shape index (κ2) is 33.6. The fraction of sp³-hybridized carbons (Fsp3) is 0.737. The Morgan fingerprint density at radius 1 is 0.617 bits per heavy atom. The van der Waals surface area contributed by atoms with Gasteiger partial charge >= 0.3 is 31.4 Å². The first kappa shape index (κ1) is 84.1. The van der Waals surface area contributed by atoms with Gasteiger partial charge in [-0.1, -0.05) is 198 Å². The van der Waals surface area contributed by atoms with Crippen molar-refractivity contribution < 1.29 is 61.3 Å². The minimum atomic E-state index is -1.64. The van der Waals surface area contributed by atoms with Gasteiger partial charge in [0, 0.05) is 56.2 Å². The summed E-state index contributed by atoms with van der Waals surface area (Å²) < 4.78 is 40.0. The number of anilines is 2. The zero-order chi connectivity index (χ0) is 71.1. The van der Waals surface area contributed by atoms with Crippen molar-refractivity contribution in [1.29, 1.82) is 0 Å². The van der Waals surface area contributed by atoms with E-state index in [2.05, 4.69) is 117 Å². The smallest absolute Gasteiger partial charge is 0.487 e. The number of aliphatic imine (C=N–C) groups is 1. The molecule has 2 saturated carbocycles. The summed E-state index contributed by atoms with van der Waals surface area (Å²) in [7, 11) is -3.11. The number of hydrogen-bond donors (Lipinski definition) is 3. The van der Waals surface area contributed by atoms with Crippen LogP contribution in [-0.4, -0.2) is 67.4 Å². The van der Waals surface area contributed by atoms with E-state index in [1.807, 2.05) is 96.1 Å². The molecule has 6 unspecified atom stereocenters. The van der Waals surface area contributed by atoms with E-state index in [4.69, 9.17) is 19.8 Å². The third-order valence-corrected chi connectivity index (χ3v) is 23.5. The molecular weight excluding hydrogens is 1270 g/mol. The van der Waals surface area contributed by atoms with Gasteiger partial charge in [0.2, 0.25) is 11.8 Å². The number of carbonyl (C=O) groups excluding carboxylic acids is 5. The van der Waals surface area contributed by atoms with E-state index >= 15 is 9.59 Å². The molecule has 1 aliphatic heterocycles. The topological polar surface area (TPSA) is 218 Å². The number of hydrogen-bond acceptors (Lipinski definition) is 9. The number of amides is 3. The number of rotatable bonds is 22. The molecule has 2 aromatic rings. The van der Waals surface area contributed by atoms with E-state index in [0.717, 1.165) is 32.1 Å². The van der Waals surface area contributed by atoms with Gasteiger partial charge in [0.1, 0.15) is 23.6 Å². The summed E-state index contributed by atoms with van der Waals surface area (Å²) in [5.74, 6) is -0.316. The standard InChI is InChI=1S/C63H106N4O6.C13H19N2O3S2.Zn/c1-25-62(26-2,27-3)56(70)66-52-48(54(68)72-50-40(58(13,14)15)31-38(11)32-41(50)59(16,17)18)46(36(7)8)44(64-52)35-45-47(37(9)10)49(53(65-45)67-57(71)63(28-4,29-5)30-6)55(69)73-51-42(60(19,20)21)33-39(12)34-43(51)61(22,23)24;1-5-13(2,3)12(16)14-10-6-8-11(9-7-10)20(18)15-19(4)17;/h35-43,50-51H,25-34H2,1-24H3,(H3,64,65,66,67,68,69,70,71);6-9H,5H2,1-4H3,(H,14,16);/q;-1;+2/p-1. The van der Waals surface area contributed by atoms with E-state index in [-0.39, 0.29) is 124 Å². The molecule has 526 valence electrons. The van der Waals surface area contributed by atoms with Crippen LogP contribution in [0.1, 0.15) is 285 Å². The molecule has 0 spiro atoms. The van der Waals surface area contributed by atoms with Gasteiger partial charge in [0.15, 0.2) is 5.91 Å². The first-order valence-corrected chi connectivity index (χ1v) is 37.6. The van der Waals surface area contributed by atoms with Gasteiger partial charge in [-0.3, -0.25) is 22.8 Å². The zero-order valence-corrected chi connectivity index (χ0v) is 68.1. The van der Waals surface area contributed by atoms with Gasteiger partial charge in [-0.2, -0.15) is 0 Å². The van der Waals surface area contributed by atoms with Crippen LogP contribution in [0, 0.1) is 79.3 Å². The molecule has 3 aliphatic rings. The van der Waals surface area contributed by atoms with E-state index in [9.17, 15) is 22.8 Å². The molecule has 0 bridgehead atoms. The van der Waals surface area contributed by atoms with Crippen LogP contribution >= 0.6 is 0 Å². The summed E-state index contributed by atoms with van der Waals surface area (Å²) in [4.78, 5) is 80.9. The number of H-pyrrole nitrogens is 1. The Morgan fingerprint density at radius 3 is 1.39 bits per heavy atom. The van der Waals surface area contributed by atoms with Crippen molar-refractivity contribution in [2.45, 2.75) is 281 Å². The van der Waals surface area contributed by atoms with Gasteiger partial charge in [-0.25, -0.2) is 9.59 Å². The number of esters is 2. The number of allylic oxidation sites excluding steroid dienone is 1. The molecular formula is C76H124N6O9S2Zn. The molecule has 94 heavy (non-hydrogen) atoms. The molecule has 15 nitrogen and oxygen atoms in total. The third kappa shape index (κ3) is 20.3. The van der Waals surface area contributed by atoms with Crippen LogP contribution in [0.2, 0.25) is 0 Å². The minimum absolute atomic E-state index is 0. The van der Waals surface area contributed by atoms with Crippen molar-refractivity contribution in [3.63, 3.8) is 0 Å². The Labute approximate surface area is 586 Å². The normalized spacial score (nSPS) is 23.3. The Morgan fingerprint density at radius 2 is 1.03 bits per heavy atom. The summed E-state index contributed by atoms with van der Waals surface area (Å²) in [5, 5.41) is 11.2. The number of amidine groups is 1. The van der Waals surface area contributed by atoms with Crippen LogP contribution < -0.4 is 10.6 Å². The molecule has 3 amide bonds. The Bertz CT molecular complexity index is 3020. The van der Waals surface area contributed by atoms with Crippen molar-refractivity contribution in [2.24, 2.45) is 84.3 Å². The largest absolute Gasteiger partial charge is 2.00 e. The molecule has 2 fully saturated rings. The summed E-state index contributed by atoms with van der Waals surface area (Å²) in [6.45, 7) is 57.5. The van der Waals surface area contributed by atoms with Crippen molar-refractivity contribution in [3.05, 3.63) is 67.4 Å². The quantitative estimate of drug-likeness (QED) is 0.0753. The van der Waals surface area contributed by atoms with Crippen molar-refractivity contribution in [3.8, 4) is 0 Å². The number of benzene rings is 1. The summed E-state index contributed by atoms with van der Waals surface area (Å²) in [6, 6.07) is 6.51. The molecule has 3 N–H and O–H groups in total. The van der Waals surface area contributed by atoms with Crippen LogP contribution in [0.5, 0.6) is 0 Å². The Hall–Kier alpha value is -4.12. The maximum Gasteiger partial charge on any atom is 2.00 e. The molecule has 1 aromatic carbocycles. The number of aromatic nitrogens is 1. The average molecular weight is 1400 g/mol. The van der Waals surface area contributed by atoms with E-state index < -0.39 is 50.2 Å². The van der Waals surface area contributed by atoms with Gasteiger partial charge in [-0.15, -0.1) is 0 Å². The molecule has 2 aliphatic carbocycles. The summed E-state index contributed by atoms with van der Waals surface area (Å²) in [5.41, 5.74) is 1.08. The van der Waals surface area contributed by atoms with Crippen LogP contribution in [0.4, 0.5) is 11.5 Å². The predicted octanol–water partition coefficient (Wildman–Crippen LogP) is 19.8. The van der Waals surface area contributed by atoms with Crippen molar-refractivity contribution in [2.75, 3.05) is 16.9 Å². The van der Waals surface area contributed by atoms with Crippen LogP contribution in [0.25, 0.3) is 15.5 Å². The summed E-state index contributed by atoms with van der Waals surface area (Å²) >= 11 is 0. The predicted molar refractivity (Wildman–Crippen MR) is 386 cm³/mol. The number of carbonyl (C=O) groups is 5. The van der Waals surface area contributed by atoms with Crippen molar-refractivity contribution >= 4 is 75.0 Å². The number of nitrogens with one attached hydrogen (secondary N) is 3. The maximum absolute atomic E-state index is 15.5. The molecule has 5 rings (SSSR count). The first-order valence-electron chi connectivity index (χ1n) is 35.0. The molecule has 0 radical (unpaired) electrons. The molecule has 18 heteroatoms. The fourth-order valence-corrected chi connectivity index (χ4v) is 15.9. The Kier molecular flexibility index (Phi) is 30.1. The average Bonchev–Trinajstić information content (AvgIpc) is 1.47. The summed E-state index contributed by atoms with van der Waals surface area (Å²) in [6.07, 6.45) is 10.7. The maximum atomic E-state index is 15.5. The molecule has 2 heterocycles. The van der Waals surface area contributed by atoms with E-state index in [1.165, 1.54) is 6.26 Å². The number of ether oxygens (including phenoxy) is 2. The molecule has 1 aromatic heterocycles. The minimum Gasteiger partial charge on any atom is -0.487 e. The SMILES string of the molecule is CCC(C)(C)C(=O)Nc1ccc(S(=O)[N-]S(C)=O)cc1.CCC(CC)(CC)C(=O)N=C1[N-]/C(=C\c2[nH]c(NC(=O)C(CC)(CC)CC)c(C(=O)OC3C(C(C)(C)C)CC(C)CC3C(C)(C)C)c2C(C)C)C(C(C)C)=C1C(=O)OC1C(C(C)(C)C)CC(C)CC1C(C)(C)C.[Zn+2]. The number of nitrogens with zero attached hydrogens (tertiary/aromatic N) is 3. The molecule has 6 atom stereocenters. The first-order chi connectivity index (χ1) is 42.8. The van der Waals surface area contributed by atoms with Crippen LogP contribution in [0.3, 0.4) is 0 Å². The molecule has 0 saturated heterocycles. The Balaban J connectivity index is 0.000000933. The van der Waals surface area contributed by atoms with Crippen LogP contribution in [0.15, 0.2) is 51.0 Å². The van der Waals surface area contributed by atoms with Gasteiger partial charge in [0.25, 0.3) is 0 Å².